The van der Waals surface area contributed by atoms with Crippen LogP contribution in [-0.4, -0.2) is 52.7 Å². The Morgan fingerprint density at radius 1 is 1.13 bits per heavy atom. The standard InChI is InChI=1S/C23H28N4O3S/c24-13-23(15-30-16-23)14-25-20-11-22(26-19-7-3-2-6-18(19)20)27-9-10-31(28,29)21-8-4-1-5-17(21)12-27/h1-8,11,28-29H,9-10,12-16,24H2,(H,25,26). The van der Waals surface area contributed by atoms with Gasteiger partial charge in [-0.1, -0.05) is 36.4 Å². The lowest BCUT2D eigenvalue weighted by Gasteiger charge is -2.40. The molecule has 2 aromatic carbocycles. The summed E-state index contributed by atoms with van der Waals surface area (Å²) in [5.74, 6) is 1.11. The number of fused-ring (bicyclic) bond motifs is 2. The molecule has 0 aliphatic carbocycles. The fraction of sp³-hybridized carbons (Fsp3) is 0.348. The van der Waals surface area contributed by atoms with Crippen molar-refractivity contribution < 1.29 is 13.8 Å². The molecule has 1 aromatic heterocycles. The quantitative estimate of drug-likeness (QED) is 0.479. The number of pyridine rings is 1. The highest BCUT2D eigenvalue weighted by Crippen LogP contribution is 2.51. The first kappa shape index (κ1) is 20.5. The van der Waals surface area contributed by atoms with E-state index in [0.29, 0.717) is 37.7 Å². The van der Waals surface area contributed by atoms with Gasteiger partial charge in [-0.3, -0.25) is 9.11 Å². The van der Waals surface area contributed by atoms with Gasteiger partial charge < -0.3 is 20.7 Å². The Balaban J connectivity index is 1.50. The Morgan fingerprint density at radius 3 is 2.68 bits per heavy atom. The Kier molecular flexibility index (Phi) is 5.27. The molecule has 5 rings (SSSR count). The number of nitrogens with two attached hydrogens (primary N) is 1. The van der Waals surface area contributed by atoms with E-state index in [1.807, 2.05) is 42.5 Å². The van der Waals surface area contributed by atoms with E-state index in [0.717, 1.165) is 34.5 Å². The van der Waals surface area contributed by atoms with E-state index in [9.17, 15) is 9.11 Å². The van der Waals surface area contributed by atoms with Crippen molar-refractivity contribution in [3.8, 4) is 0 Å². The first-order valence-corrected chi connectivity index (χ1v) is 12.2. The maximum atomic E-state index is 10.7. The molecule has 2 aliphatic heterocycles. The van der Waals surface area contributed by atoms with Crippen molar-refractivity contribution in [2.75, 3.05) is 48.8 Å². The summed E-state index contributed by atoms with van der Waals surface area (Å²) in [4.78, 5) is 7.68. The van der Waals surface area contributed by atoms with Crippen molar-refractivity contribution in [2.24, 2.45) is 11.1 Å². The smallest absolute Gasteiger partial charge is 0.131 e. The molecule has 0 saturated carbocycles. The lowest BCUT2D eigenvalue weighted by Crippen LogP contribution is -2.52. The molecule has 0 amide bonds. The number of para-hydroxylation sites is 1. The van der Waals surface area contributed by atoms with Crippen LogP contribution in [0.3, 0.4) is 0 Å². The third-order valence-electron chi connectivity index (χ3n) is 6.26. The second kappa shape index (κ2) is 7.96. The minimum atomic E-state index is -2.81. The molecule has 3 heterocycles. The second-order valence-electron chi connectivity index (χ2n) is 8.50. The molecule has 7 nitrogen and oxygen atoms in total. The molecule has 0 spiro atoms. The van der Waals surface area contributed by atoms with Gasteiger partial charge >= 0.3 is 0 Å². The van der Waals surface area contributed by atoms with Gasteiger partial charge in [0.2, 0.25) is 0 Å². The fourth-order valence-electron chi connectivity index (χ4n) is 4.22. The topological polar surface area (TPSA) is 104 Å². The number of ether oxygens (including phenoxy) is 1. The molecule has 1 fully saturated rings. The molecule has 5 N–H and O–H groups in total. The molecule has 2 aliphatic rings. The predicted octanol–water partition coefficient (Wildman–Crippen LogP) is 3.75. The predicted molar refractivity (Wildman–Crippen MR) is 126 cm³/mol. The largest absolute Gasteiger partial charge is 0.384 e. The van der Waals surface area contributed by atoms with E-state index >= 15 is 0 Å². The third kappa shape index (κ3) is 3.86. The van der Waals surface area contributed by atoms with Crippen LogP contribution >= 0.6 is 10.6 Å². The van der Waals surface area contributed by atoms with Gasteiger partial charge in [0.05, 0.1) is 29.4 Å². The van der Waals surface area contributed by atoms with Crippen LogP contribution < -0.4 is 16.0 Å². The van der Waals surface area contributed by atoms with Gasteiger partial charge in [-0.05, 0) is 17.7 Å². The Hall–Kier alpha value is -2.36. The third-order valence-corrected chi connectivity index (χ3v) is 8.12. The highest BCUT2D eigenvalue weighted by atomic mass is 32.3. The van der Waals surface area contributed by atoms with Crippen LogP contribution in [0.5, 0.6) is 0 Å². The van der Waals surface area contributed by atoms with Crippen molar-refractivity contribution in [3.63, 3.8) is 0 Å². The molecule has 0 unspecified atom stereocenters. The summed E-state index contributed by atoms with van der Waals surface area (Å²) in [7, 11) is -2.81. The van der Waals surface area contributed by atoms with E-state index in [1.165, 1.54) is 0 Å². The van der Waals surface area contributed by atoms with E-state index in [4.69, 9.17) is 15.5 Å². The monoisotopic (exact) mass is 440 g/mol. The summed E-state index contributed by atoms with van der Waals surface area (Å²) >= 11 is 0. The minimum absolute atomic E-state index is 0.0250. The Labute approximate surface area is 183 Å². The molecular weight excluding hydrogens is 412 g/mol. The first-order valence-electron chi connectivity index (χ1n) is 10.5. The number of benzene rings is 2. The number of rotatable bonds is 5. The van der Waals surface area contributed by atoms with E-state index in [1.54, 1.807) is 0 Å². The van der Waals surface area contributed by atoms with Crippen LogP contribution in [0, 0.1) is 5.41 Å². The highest BCUT2D eigenvalue weighted by molar-refractivity contribution is 8.24. The van der Waals surface area contributed by atoms with Crippen LogP contribution in [-0.2, 0) is 11.3 Å². The normalized spacial score (nSPS) is 20.4. The maximum Gasteiger partial charge on any atom is 0.131 e. The minimum Gasteiger partial charge on any atom is -0.384 e. The summed E-state index contributed by atoms with van der Waals surface area (Å²) in [6.45, 7) is 3.76. The SMILES string of the molecule is NCC1(CNc2cc(N3CCS(O)(O)c4ccccc4C3)nc3ccccc23)COC1. The van der Waals surface area contributed by atoms with Crippen LogP contribution in [0.15, 0.2) is 59.5 Å². The second-order valence-corrected chi connectivity index (χ2v) is 10.7. The van der Waals surface area contributed by atoms with Gasteiger partial charge in [0.15, 0.2) is 0 Å². The highest BCUT2D eigenvalue weighted by Gasteiger charge is 2.37. The van der Waals surface area contributed by atoms with E-state index < -0.39 is 10.6 Å². The van der Waals surface area contributed by atoms with E-state index in [2.05, 4.69) is 22.3 Å². The number of nitrogens with one attached hydrogen (secondary N) is 1. The zero-order chi connectivity index (χ0) is 21.5. The van der Waals surface area contributed by atoms with Gasteiger partial charge in [-0.25, -0.2) is 4.98 Å². The molecule has 8 heteroatoms. The van der Waals surface area contributed by atoms with Gasteiger partial charge in [0.1, 0.15) is 5.82 Å². The zero-order valence-corrected chi connectivity index (χ0v) is 18.1. The molecule has 0 radical (unpaired) electrons. The molecule has 0 bridgehead atoms. The number of hydrogen-bond donors (Lipinski definition) is 4. The van der Waals surface area contributed by atoms with Crippen molar-refractivity contribution >= 4 is 33.0 Å². The van der Waals surface area contributed by atoms with Gasteiger partial charge in [0.25, 0.3) is 0 Å². The van der Waals surface area contributed by atoms with Crippen molar-refractivity contribution in [3.05, 3.63) is 60.2 Å². The van der Waals surface area contributed by atoms with Crippen LogP contribution in [0.4, 0.5) is 11.5 Å². The lowest BCUT2D eigenvalue weighted by molar-refractivity contribution is -0.0979. The first-order chi connectivity index (χ1) is 15.0. The lowest BCUT2D eigenvalue weighted by atomic mass is 9.86. The van der Waals surface area contributed by atoms with Crippen molar-refractivity contribution in [2.45, 2.75) is 11.4 Å². The summed E-state index contributed by atoms with van der Waals surface area (Å²) in [6, 6.07) is 17.7. The summed E-state index contributed by atoms with van der Waals surface area (Å²) in [5.41, 5.74) is 8.80. The van der Waals surface area contributed by atoms with Crippen molar-refractivity contribution in [1.82, 2.24) is 4.98 Å². The number of nitrogens with zero attached hydrogens (tertiary/aromatic N) is 2. The molecule has 3 aromatic rings. The summed E-state index contributed by atoms with van der Waals surface area (Å²) < 4.78 is 26.8. The molecule has 1 saturated heterocycles. The Bertz CT molecular complexity index is 1100. The summed E-state index contributed by atoms with van der Waals surface area (Å²) in [5, 5.41) is 4.65. The molecular formula is C23H28N4O3S. The van der Waals surface area contributed by atoms with Gasteiger partial charge in [0, 0.05) is 48.7 Å². The number of hydrogen-bond acceptors (Lipinski definition) is 7. The molecule has 164 valence electrons. The average molecular weight is 441 g/mol. The molecule has 31 heavy (non-hydrogen) atoms. The van der Waals surface area contributed by atoms with Crippen LogP contribution in [0.1, 0.15) is 5.56 Å². The molecule has 0 atom stereocenters. The maximum absolute atomic E-state index is 10.7. The zero-order valence-electron chi connectivity index (χ0n) is 17.3. The van der Waals surface area contributed by atoms with E-state index in [-0.39, 0.29) is 11.2 Å². The number of aromatic nitrogens is 1. The average Bonchev–Trinajstić information content (AvgIpc) is 2.89. The van der Waals surface area contributed by atoms with Gasteiger partial charge in [-0.15, -0.1) is 0 Å². The fourth-order valence-corrected chi connectivity index (χ4v) is 5.76. The van der Waals surface area contributed by atoms with Crippen LogP contribution in [0.2, 0.25) is 0 Å². The van der Waals surface area contributed by atoms with Gasteiger partial charge in [-0.2, -0.15) is 10.6 Å². The number of anilines is 2. The Morgan fingerprint density at radius 2 is 1.90 bits per heavy atom. The summed E-state index contributed by atoms with van der Waals surface area (Å²) in [6.07, 6.45) is 0. The van der Waals surface area contributed by atoms with Crippen molar-refractivity contribution in [1.29, 1.82) is 0 Å². The van der Waals surface area contributed by atoms with Crippen LogP contribution in [0.25, 0.3) is 10.9 Å².